The van der Waals surface area contributed by atoms with Gasteiger partial charge >= 0.3 is 29.6 Å². The fourth-order valence-electron chi connectivity index (χ4n) is 0.950. The Morgan fingerprint density at radius 1 is 1.40 bits per heavy atom. The zero-order chi connectivity index (χ0) is 10.6. The van der Waals surface area contributed by atoms with Crippen LogP contribution in [0.5, 0.6) is 0 Å². The SMILES string of the molecule is CC(=O)NCc1ccc(S(=O)O)cc1.[NaH]. The Morgan fingerprint density at radius 3 is 2.33 bits per heavy atom. The molecule has 1 unspecified atom stereocenters. The van der Waals surface area contributed by atoms with Crippen molar-refractivity contribution in [2.75, 3.05) is 0 Å². The van der Waals surface area contributed by atoms with E-state index in [1.165, 1.54) is 6.92 Å². The molecule has 1 amide bonds. The van der Waals surface area contributed by atoms with Crippen molar-refractivity contribution in [3.8, 4) is 0 Å². The van der Waals surface area contributed by atoms with Gasteiger partial charge in [0.2, 0.25) is 5.91 Å². The summed E-state index contributed by atoms with van der Waals surface area (Å²) in [6, 6.07) is 6.54. The third-order valence-corrected chi connectivity index (χ3v) is 2.34. The average molecular weight is 237 g/mol. The molecule has 6 heteroatoms. The predicted molar refractivity (Wildman–Crippen MR) is 60.1 cm³/mol. The molecule has 0 spiro atoms. The van der Waals surface area contributed by atoms with E-state index < -0.39 is 11.1 Å². The summed E-state index contributed by atoms with van der Waals surface area (Å²) in [6.07, 6.45) is 0. The Kier molecular flexibility index (Phi) is 7.04. The molecule has 78 valence electrons. The molecule has 0 aliphatic rings. The maximum absolute atomic E-state index is 10.6. The molecule has 0 heterocycles. The second-order valence-corrected chi connectivity index (χ2v) is 3.77. The van der Waals surface area contributed by atoms with Crippen LogP contribution in [0.15, 0.2) is 29.2 Å². The molecule has 4 nitrogen and oxygen atoms in total. The Hall–Kier alpha value is -0.200. The Balaban J connectivity index is 0.00000196. The molecule has 0 saturated carbocycles. The van der Waals surface area contributed by atoms with Gasteiger partial charge in [-0.2, -0.15) is 0 Å². The van der Waals surface area contributed by atoms with Gasteiger partial charge in [-0.15, -0.1) is 0 Å². The summed E-state index contributed by atoms with van der Waals surface area (Å²) in [5, 5.41) is 2.63. The van der Waals surface area contributed by atoms with Gasteiger partial charge < -0.3 is 9.87 Å². The van der Waals surface area contributed by atoms with Crippen LogP contribution in [0, 0.1) is 0 Å². The number of hydrogen-bond donors (Lipinski definition) is 2. The number of hydrogen-bond acceptors (Lipinski definition) is 2. The predicted octanol–water partition coefficient (Wildman–Crippen LogP) is 0.255. The number of rotatable bonds is 3. The van der Waals surface area contributed by atoms with Crippen molar-refractivity contribution in [1.29, 1.82) is 0 Å². The van der Waals surface area contributed by atoms with Crippen LogP contribution in [-0.4, -0.2) is 44.2 Å². The van der Waals surface area contributed by atoms with E-state index in [2.05, 4.69) is 5.32 Å². The second kappa shape index (κ2) is 7.14. The summed E-state index contributed by atoms with van der Waals surface area (Å²) >= 11 is -1.94. The van der Waals surface area contributed by atoms with Crippen molar-refractivity contribution >= 4 is 46.5 Å². The van der Waals surface area contributed by atoms with Gasteiger partial charge in [-0.05, 0) is 17.7 Å². The van der Waals surface area contributed by atoms with Crippen LogP contribution in [0.1, 0.15) is 12.5 Å². The topological polar surface area (TPSA) is 66.4 Å². The van der Waals surface area contributed by atoms with Crippen LogP contribution in [0.3, 0.4) is 0 Å². The zero-order valence-electron chi connectivity index (χ0n) is 7.69. The van der Waals surface area contributed by atoms with E-state index in [1.807, 2.05) is 0 Å². The monoisotopic (exact) mass is 237 g/mol. The van der Waals surface area contributed by atoms with E-state index in [1.54, 1.807) is 24.3 Å². The molecule has 0 radical (unpaired) electrons. The molecular formula is C9H12NNaO3S. The normalized spacial score (nSPS) is 11.3. The van der Waals surface area contributed by atoms with E-state index >= 15 is 0 Å². The van der Waals surface area contributed by atoms with Crippen LogP contribution >= 0.6 is 0 Å². The summed E-state index contributed by atoms with van der Waals surface area (Å²) in [5.41, 5.74) is 0.898. The molecule has 1 aromatic rings. The summed E-state index contributed by atoms with van der Waals surface area (Å²) < 4.78 is 19.4. The van der Waals surface area contributed by atoms with Crippen molar-refractivity contribution in [3.63, 3.8) is 0 Å². The van der Waals surface area contributed by atoms with E-state index in [4.69, 9.17) is 4.55 Å². The minimum atomic E-state index is -1.94. The summed E-state index contributed by atoms with van der Waals surface area (Å²) in [4.78, 5) is 11.0. The van der Waals surface area contributed by atoms with Gasteiger partial charge in [0, 0.05) is 13.5 Å². The fraction of sp³-hybridized carbons (Fsp3) is 0.222. The number of carbonyl (C=O) groups excluding carboxylic acids is 1. The Morgan fingerprint density at radius 2 is 1.93 bits per heavy atom. The van der Waals surface area contributed by atoms with Crippen molar-refractivity contribution in [2.45, 2.75) is 18.4 Å². The summed E-state index contributed by atoms with van der Waals surface area (Å²) in [5.74, 6) is -0.0974. The fourth-order valence-corrected chi connectivity index (χ4v) is 1.32. The maximum atomic E-state index is 10.6. The van der Waals surface area contributed by atoms with Gasteiger partial charge in [0.1, 0.15) is 0 Å². The quantitative estimate of drug-likeness (QED) is 0.585. The van der Waals surface area contributed by atoms with Crippen LogP contribution in [0.4, 0.5) is 0 Å². The molecule has 1 atom stereocenters. The molecule has 0 bridgehead atoms. The third kappa shape index (κ3) is 5.44. The van der Waals surface area contributed by atoms with Crippen LogP contribution in [-0.2, 0) is 22.4 Å². The molecule has 0 aromatic heterocycles. The minimum absolute atomic E-state index is 0. The standard InChI is InChI=1S/C9H11NO3S.Na.H/c1-7(11)10-6-8-2-4-9(5-3-8)14(12)13;;/h2-5H,6H2,1H3,(H,10,11)(H,12,13);;. The van der Waals surface area contributed by atoms with Crippen molar-refractivity contribution in [2.24, 2.45) is 0 Å². The van der Waals surface area contributed by atoms with Crippen molar-refractivity contribution < 1.29 is 13.6 Å². The van der Waals surface area contributed by atoms with Gasteiger partial charge in [0.05, 0.1) is 4.90 Å². The van der Waals surface area contributed by atoms with Gasteiger partial charge in [0.25, 0.3) is 0 Å². The van der Waals surface area contributed by atoms with Crippen LogP contribution < -0.4 is 5.32 Å². The third-order valence-electron chi connectivity index (χ3n) is 1.67. The van der Waals surface area contributed by atoms with E-state index in [0.717, 1.165) is 5.56 Å². The molecule has 0 fully saturated rings. The number of amides is 1. The zero-order valence-corrected chi connectivity index (χ0v) is 8.50. The molecule has 1 rings (SSSR count). The first-order chi connectivity index (χ1) is 6.59. The van der Waals surface area contributed by atoms with Crippen molar-refractivity contribution in [1.82, 2.24) is 5.32 Å². The van der Waals surface area contributed by atoms with E-state index in [0.29, 0.717) is 11.4 Å². The van der Waals surface area contributed by atoms with Crippen LogP contribution in [0.25, 0.3) is 0 Å². The van der Waals surface area contributed by atoms with Gasteiger partial charge in [0.15, 0.2) is 11.1 Å². The van der Waals surface area contributed by atoms with Crippen molar-refractivity contribution in [3.05, 3.63) is 29.8 Å². The molecular weight excluding hydrogens is 225 g/mol. The molecule has 2 N–H and O–H groups in total. The first-order valence-corrected chi connectivity index (χ1v) is 5.14. The average Bonchev–Trinajstić information content (AvgIpc) is 2.15. The van der Waals surface area contributed by atoms with Gasteiger partial charge in [-0.1, -0.05) is 12.1 Å². The summed E-state index contributed by atoms with van der Waals surface area (Å²) in [7, 11) is 0. The molecule has 1 aromatic carbocycles. The molecule has 0 aliphatic heterocycles. The van der Waals surface area contributed by atoms with Gasteiger partial charge in [-0.3, -0.25) is 4.79 Å². The Labute approximate surface area is 113 Å². The molecule has 15 heavy (non-hydrogen) atoms. The second-order valence-electron chi connectivity index (χ2n) is 2.80. The molecule has 0 aliphatic carbocycles. The van der Waals surface area contributed by atoms with Crippen LogP contribution in [0.2, 0.25) is 0 Å². The van der Waals surface area contributed by atoms with Gasteiger partial charge in [-0.25, -0.2) is 4.21 Å². The first-order valence-electron chi connectivity index (χ1n) is 4.04. The number of carbonyl (C=O) groups is 1. The first kappa shape index (κ1) is 14.8. The molecule has 0 saturated heterocycles. The summed E-state index contributed by atoms with van der Waals surface area (Å²) in [6.45, 7) is 1.88. The van der Waals surface area contributed by atoms with E-state index in [-0.39, 0.29) is 35.5 Å². The Bertz CT molecular complexity index is 353. The number of benzene rings is 1. The van der Waals surface area contributed by atoms with E-state index in [9.17, 15) is 9.00 Å². The number of nitrogens with one attached hydrogen (secondary N) is 1.